The molecule has 0 amide bonds. The van der Waals surface area contributed by atoms with Crippen molar-refractivity contribution in [1.29, 1.82) is 5.26 Å². The first-order chi connectivity index (χ1) is 6.96. The Morgan fingerprint density at radius 2 is 2.13 bits per heavy atom. The Kier molecular flexibility index (Phi) is 3.48. The van der Waals surface area contributed by atoms with Crippen LogP contribution >= 0.6 is 0 Å². The molecule has 0 aliphatic rings. The van der Waals surface area contributed by atoms with Gasteiger partial charge in [0.25, 0.3) is 0 Å². The standard InChI is InChI=1S/C9H12N2O3S/c1-7-9(8(2)14-11-7)6-15(12,13)5-3-4-10/h3,5-6H2,1-2H3. The second-order valence-electron chi connectivity index (χ2n) is 3.30. The topological polar surface area (TPSA) is 84.0 Å². The van der Waals surface area contributed by atoms with Gasteiger partial charge in [-0.05, 0) is 13.8 Å². The number of hydrogen-bond acceptors (Lipinski definition) is 5. The predicted molar refractivity (Wildman–Crippen MR) is 53.7 cm³/mol. The van der Waals surface area contributed by atoms with E-state index in [-0.39, 0.29) is 17.9 Å². The highest BCUT2D eigenvalue weighted by Gasteiger charge is 2.18. The van der Waals surface area contributed by atoms with Crippen LogP contribution in [0, 0.1) is 25.2 Å². The summed E-state index contributed by atoms with van der Waals surface area (Å²) in [5.74, 6) is 0.302. The molecular weight excluding hydrogens is 216 g/mol. The van der Waals surface area contributed by atoms with Crippen LogP contribution in [0.4, 0.5) is 0 Å². The van der Waals surface area contributed by atoms with E-state index in [0.717, 1.165) is 0 Å². The van der Waals surface area contributed by atoms with Gasteiger partial charge in [0.2, 0.25) is 0 Å². The van der Waals surface area contributed by atoms with Crippen LogP contribution < -0.4 is 0 Å². The van der Waals surface area contributed by atoms with Crippen molar-refractivity contribution in [3.8, 4) is 6.07 Å². The summed E-state index contributed by atoms with van der Waals surface area (Å²) in [6, 6.07) is 1.81. The van der Waals surface area contributed by atoms with Crippen LogP contribution in [0.5, 0.6) is 0 Å². The van der Waals surface area contributed by atoms with E-state index in [1.54, 1.807) is 13.8 Å². The molecule has 1 heterocycles. The first-order valence-electron chi connectivity index (χ1n) is 4.45. The summed E-state index contributed by atoms with van der Waals surface area (Å²) in [6.07, 6.45) is 0.0196. The molecule has 82 valence electrons. The molecular formula is C9H12N2O3S. The monoisotopic (exact) mass is 228 g/mol. The van der Waals surface area contributed by atoms with Gasteiger partial charge in [-0.25, -0.2) is 8.42 Å². The molecule has 0 radical (unpaired) electrons. The van der Waals surface area contributed by atoms with Crippen LogP contribution in [0.15, 0.2) is 4.52 Å². The third-order valence-electron chi connectivity index (χ3n) is 2.07. The van der Waals surface area contributed by atoms with Crippen molar-refractivity contribution in [3.05, 3.63) is 17.0 Å². The fourth-order valence-corrected chi connectivity index (χ4v) is 2.60. The molecule has 0 aliphatic heterocycles. The minimum Gasteiger partial charge on any atom is -0.361 e. The van der Waals surface area contributed by atoms with Gasteiger partial charge in [0.1, 0.15) is 5.76 Å². The lowest BCUT2D eigenvalue weighted by molar-refractivity contribution is 0.392. The summed E-state index contributed by atoms with van der Waals surface area (Å²) in [5.41, 5.74) is 1.20. The molecule has 0 saturated heterocycles. The summed E-state index contributed by atoms with van der Waals surface area (Å²) in [5, 5.41) is 12.0. The third-order valence-corrected chi connectivity index (χ3v) is 3.62. The molecule has 0 aliphatic carbocycles. The summed E-state index contributed by atoms with van der Waals surface area (Å²) in [6.45, 7) is 3.38. The van der Waals surface area contributed by atoms with Crippen molar-refractivity contribution >= 4 is 9.84 Å². The molecule has 5 nitrogen and oxygen atoms in total. The van der Waals surface area contributed by atoms with Crippen LogP contribution in [0.1, 0.15) is 23.4 Å². The molecule has 6 heteroatoms. The first kappa shape index (κ1) is 11.7. The minimum absolute atomic E-state index is 0.0196. The lowest BCUT2D eigenvalue weighted by Gasteiger charge is -2.00. The van der Waals surface area contributed by atoms with Crippen molar-refractivity contribution in [1.82, 2.24) is 5.16 Å². The lowest BCUT2D eigenvalue weighted by Crippen LogP contribution is -2.09. The van der Waals surface area contributed by atoms with Gasteiger partial charge in [0.15, 0.2) is 9.84 Å². The molecule has 0 saturated carbocycles. The molecule has 0 fully saturated rings. The Morgan fingerprint density at radius 1 is 1.47 bits per heavy atom. The summed E-state index contributed by atoms with van der Waals surface area (Å²) < 4.78 is 27.9. The van der Waals surface area contributed by atoms with Crippen LogP contribution in [0.2, 0.25) is 0 Å². The molecule has 1 rings (SSSR count). The normalized spacial score (nSPS) is 11.3. The highest BCUT2D eigenvalue weighted by atomic mass is 32.2. The molecule has 0 spiro atoms. The zero-order valence-electron chi connectivity index (χ0n) is 8.65. The van der Waals surface area contributed by atoms with Crippen LogP contribution in [-0.2, 0) is 15.6 Å². The molecule has 0 unspecified atom stereocenters. The van der Waals surface area contributed by atoms with Gasteiger partial charge in [-0.3, -0.25) is 0 Å². The van der Waals surface area contributed by atoms with E-state index in [1.807, 2.05) is 6.07 Å². The summed E-state index contributed by atoms with van der Waals surface area (Å²) in [7, 11) is -3.23. The zero-order valence-corrected chi connectivity index (χ0v) is 9.47. The first-order valence-corrected chi connectivity index (χ1v) is 6.27. The molecule has 0 N–H and O–H groups in total. The van der Waals surface area contributed by atoms with Crippen molar-refractivity contribution in [2.45, 2.75) is 26.0 Å². The molecule has 1 aromatic heterocycles. The molecule has 0 atom stereocenters. The maximum Gasteiger partial charge on any atom is 0.155 e. The number of nitriles is 1. The van der Waals surface area contributed by atoms with Crippen LogP contribution in [-0.4, -0.2) is 19.3 Å². The van der Waals surface area contributed by atoms with Gasteiger partial charge in [-0.2, -0.15) is 5.26 Å². The Morgan fingerprint density at radius 3 is 2.60 bits per heavy atom. The van der Waals surface area contributed by atoms with Gasteiger partial charge in [0, 0.05) is 12.0 Å². The van der Waals surface area contributed by atoms with Gasteiger partial charge in [0.05, 0.1) is 23.3 Å². The zero-order chi connectivity index (χ0) is 11.5. The number of hydrogen-bond donors (Lipinski definition) is 0. The Labute approximate surface area is 88.6 Å². The second kappa shape index (κ2) is 4.45. The van der Waals surface area contributed by atoms with Crippen molar-refractivity contribution in [2.75, 3.05) is 5.75 Å². The molecule has 15 heavy (non-hydrogen) atoms. The number of nitrogens with zero attached hydrogens (tertiary/aromatic N) is 2. The maximum atomic E-state index is 11.5. The van der Waals surface area contributed by atoms with Gasteiger partial charge in [-0.1, -0.05) is 5.16 Å². The van der Waals surface area contributed by atoms with E-state index in [9.17, 15) is 8.42 Å². The van der Waals surface area contributed by atoms with Gasteiger partial charge < -0.3 is 4.52 Å². The van der Waals surface area contributed by atoms with Crippen LogP contribution in [0.3, 0.4) is 0 Å². The fourth-order valence-electron chi connectivity index (χ4n) is 1.20. The number of sulfone groups is 1. The molecule has 0 bridgehead atoms. The SMILES string of the molecule is Cc1noc(C)c1CS(=O)(=O)CCC#N. The summed E-state index contributed by atoms with van der Waals surface area (Å²) >= 11 is 0. The average Bonchev–Trinajstić information content (AvgIpc) is 2.46. The van der Waals surface area contributed by atoms with E-state index in [0.29, 0.717) is 17.0 Å². The van der Waals surface area contributed by atoms with Crippen LogP contribution in [0.25, 0.3) is 0 Å². The van der Waals surface area contributed by atoms with E-state index in [1.165, 1.54) is 0 Å². The minimum atomic E-state index is -3.23. The highest BCUT2D eigenvalue weighted by Crippen LogP contribution is 2.16. The largest absolute Gasteiger partial charge is 0.361 e. The van der Waals surface area contributed by atoms with Crippen molar-refractivity contribution < 1.29 is 12.9 Å². The second-order valence-corrected chi connectivity index (χ2v) is 5.49. The molecule has 1 aromatic rings. The Hall–Kier alpha value is -1.35. The highest BCUT2D eigenvalue weighted by molar-refractivity contribution is 7.90. The smallest absolute Gasteiger partial charge is 0.155 e. The Bertz CT molecular complexity index is 462. The number of aromatic nitrogens is 1. The quantitative estimate of drug-likeness (QED) is 0.771. The maximum absolute atomic E-state index is 11.5. The van der Waals surface area contributed by atoms with Gasteiger partial charge in [-0.15, -0.1) is 0 Å². The van der Waals surface area contributed by atoms with Crippen molar-refractivity contribution in [3.63, 3.8) is 0 Å². The lowest BCUT2D eigenvalue weighted by atomic mass is 10.2. The van der Waals surface area contributed by atoms with Crippen molar-refractivity contribution in [2.24, 2.45) is 0 Å². The van der Waals surface area contributed by atoms with E-state index < -0.39 is 9.84 Å². The number of aryl methyl sites for hydroxylation is 2. The fraction of sp³-hybridized carbons (Fsp3) is 0.556. The molecule has 0 aromatic carbocycles. The van der Waals surface area contributed by atoms with E-state index in [2.05, 4.69) is 5.16 Å². The third kappa shape index (κ3) is 3.06. The summed E-state index contributed by atoms with van der Waals surface area (Å²) in [4.78, 5) is 0. The Balaban J connectivity index is 2.83. The van der Waals surface area contributed by atoms with E-state index >= 15 is 0 Å². The van der Waals surface area contributed by atoms with E-state index in [4.69, 9.17) is 9.78 Å². The predicted octanol–water partition coefficient (Wildman–Crippen LogP) is 1.12. The number of rotatable bonds is 4. The average molecular weight is 228 g/mol. The van der Waals surface area contributed by atoms with Gasteiger partial charge >= 0.3 is 0 Å².